The Balaban J connectivity index is 1.87. The third-order valence-electron chi connectivity index (χ3n) is 4.34. The smallest absolute Gasteiger partial charge is 0.0637 e. The number of rotatable bonds is 2. The summed E-state index contributed by atoms with van der Waals surface area (Å²) in [7, 11) is 0. The summed E-state index contributed by atoms with van der Waals surface area (Å²) in [5, 5.41) is 4.52. The average molecular weight is 294 g/mol. The van der Waals surface area contributed by atoms with Crippen molar-refractivity contribution in [2.45, 2.75) is 76.7 Å². The molecule has 20 heavy (non-hydrogen) atoms. The van der Waals surface area contributed by atoms with Crippen LogP contribution in [0.5, 0.6) is 0 Å². The van der Waals surface area contributed by atoms with Crippen LogP contribution in [0, 0.1) is 0 Å². The van der Waals surface area contributed by atoms with E-state index in [1.165, 1.54) is 70.6 Å². The summed E-state index contributed by atoms with van der Waals surface area (Å²) < 4.78 is 0. The molecule has 1 aromatic carbocycles. The summed E-state index contributed by atoms with van der Waals surface area (Å²) in [6, 6.07) is 8.71. The molecule has 1 aliphatic rings. The van der Waals surface area contributed by atoms with Gasteiger partial charge in [-0.25, -0.2) is 0 Å². The van der Waals surface area contributed by atoms with Crippen molar-refractivity contribution >= 4 is 17.3 Å². The number of hydrogen-bond acceptors (Lipinski definition) is 1. The Labute approximate surface area is 129 Å². The van der Waals surface area contributed by atoms with E-state index >= 15 is 0 Å². The van der Waals surface area contributed by atoms with Crippen LogP contribution in [0.1, 0.15) is 70.6 Å². The molecule has 1 nitrogen and oxygen atoms in total. The van der Waals surface area contributed by atoms with Gasteiger partial charge >= 0.3 is 0 Å². The van der Waals surface area contributed by atoms with Crippen LogP contribution in [-0.2, 0) is 0 Å². The lowest BCUT2D eigenvalue weighted by Gasteiger charge is -2.21. The Hall–Kier alpha value is -0.690. The molecule has 0 atom stereocenters. The summed E-state index contributed by atoms with van der Waals surface area (Å²) in [6.07, 6.45) is 15.2. The molecule has 0 radical (unpaired) electrons. The predicted molar refractivity (Wildman–Crippen MR) is 89.6 cm³/mol. The second-order valence-electron chi connectivity index (χ2n) is 6.08. The molecule has 0 unspecified atom stereocenters. The van der Waals surface area contributed by atoms with Crippen molar-refractivity contribution in [1.82, 2.24) is 0 Å². The van der Waals surface area contributed by atoms with Gasteiger partial charge < -0.3 is 5.32 Å². The fourth-order valence-electron chi connectivity index (χ4n) is 3.11. The quantitative estimate of drug-likeness (QED) is 0.663. The van der Waals surface area contributed by atoms with E-state index in [0.717, 1.165) is 10.7 Å². The van der Waals surface area contributed by atoms with Crippen molar-refractivity contribution in [1.29, 1.82) is 0 Å². The van der Waals surface area contributed by atoms with Crippen molar-refractivity contribution in [2.75, 3.05) is 5.32 Å². The lowest BCUT2D eigenvalue weighted by molar-refractivity contribution is 0.480. The molecule has 1 aromatic rings. The van der Waals surface area contributed by atoms with Gasteiger partial charge in [0.1, 0.15) is 0 Å². The SMILES string of the molecule is Clc1ccccc1NC1CCCCCCCCCCC1. The van der Waals surface area contributed by atoms with Gasteiger partial charge in [-0.3, -0.25) is 0 Å². The fourth-order valence-corrected chi connectivity index (χ4v) is 3.30. The molecule has 0 aromatic heterocycles. The van der Waals surface area contributed by atoms with Gasteiger partial charge in [-0.15, -0.1) is 0 Å². The van der Waals surface area contributed by atoms with Gasteiger partial charge in [0.05, 0.1) is 10.7 Å². The maximum atomic E-state index is 6.26. The Morgan fingerprint density at radius 1 is 0.750 bits per heavy atom. The zero-order valence-corrected chi connectivity index (χ0v) is 13.3. The highest BCUT2D eigenvalue weighted by molar-refractivity contribution is 6.33. The molecule has 1 N–H and O–H groups in total. The fraction of sp³-hybridized carbons (Fsp3) is 0.667. The zero-order chi connectivity index (χ0) is 14.0. The van der Waals surface area contributed by atoms with Crippen LogP contribution in [0.3, 0.4) is 0 Å². The van der Waals surface area contributed by atoms with E-state index < -0.39 is 0 Å². The summed E-state index contributed by atoms with van der Waals surface area (Å²) in [5.41, 5.74) is 1.10. The minimum atomic E-state index is 0.592. The predicted octanol–water partition coefficient (Wildman–Crippen LogP) is 6.43. The van der Waals surface area contributed by atoms with Crippen LogP contribution >= 0.6 is 11.6 Å². The molecule has 1 aliphatic carbocycles. The second-order valence-corrected chi connectivity index (χ2v) is 6.49. The van der Waals surface area contributed by atoms with Gasteiger partial charge in [-0.2, -0.15) is 0 Å². The van der Waals surface area contributed by atoms with E-state index in [4.69, 9.17) is 11.6 Å². The van der Waals surface area contributed by atoms with Crippen LogP contribution < -0.4 is 5.32 Å². The van der Waals surface area contributed by atoms with Gasteiger partial charge in [0.15, 0.2) is 0 Å². The molecule has 2 rings (SSSR count). The first-order valence-electron chi connectivity index (χ1n) is 8.37. The molecule has 1 saturated carbocycles. The van der Waals surface area contributed by atoms with Crippen molar-refractivity contribution < 1.29 is 0 Å². The van der Waals surface area contributed by atoms with E-state index in [1.54, 1.807) is 0 Å². The van der Waals surface area contributed by atoms with Crippen molar-refractivity contribution in [3.8, 4) is 0 Å². The average Bonchev–Trinajstić information content (AvgIpc) is 2.44. The number of anilines is 1. The Morgan fingerprint density at radius 2 is 1.25 bits per heavy atom. The summed E-state index contributed by atoms with van der Waals surface area (Å²) in [5.74, 6) is 0. The highest BCUT2D eigenvalue weighted by Crippen LogP contribution is 2.25. The Morgan fingerprint density at radius 3 is 1.80 bits per heavy atom. The van der Waals surface area contributed by atoms with Gasteiger partial charge in [-0.05, 0) is 25.0 Å². The van der Waals surface area contributed by atoms with Crippen LogP contribution in [-0.4, -0.2) is 6.04 Å². The molecule has 0 amide bonds. The van der Waals surface area contributed by atoms with Crippen molar-refractivity contribution in [3.63, 3.8) is 0 Å². The van der Waals surface area contributed by atoms with Crippen LogP contribution in [0.25, 0.3) is 0 Å². The van der Waals surface area contributed by atoms with Crippen LogP contribution in [0.4, 0.5) is 5.69 Å². The standard InChI is InChI=1S/C18H28ClN/c19-17-14-10-11-15-18(17)20-16-12-8-6-4-2-1-3-5-7-9-13-16/h10-11,14-16,20H,1-9,12-13H2. The first kappa shape index (κ1) is 15.7. The Bertz CT molecular complexity index is 365. The highest BCUT2D eigenvalue weighted by Gasteiger charge is 2.10. The molecular formula is C18H28ClN. The highest BCUT2D eigenvalue weighted by atomic mass is 35.5. The van der Waals surface area contributed by atoms with Gasteiger partial charge in [0.25, 0.3) is 0 Å². The molecule has 0 heterocycles. The second kappa shape index (κ2) is 9.28. The van der Waals surface area contributed by atoms with Crippen LogP contribution in [0.15, 0.2) is 24.3 Å². The number of halogens is 1. The largest absolute Gasteiger partial charge is 0.381 e. The molecule has 0 bridgehead atoms. The van der Waals surface area contributed by atoms with Crippen LogP contribution in [0.2, 0.25) is 5.02 Å². The normalized spacial score (nSPS) is 19.9. The van der Waals surface area contributed by atoms with E-state index in [1.807, 2.05) is 12.1 Å². The minimum absolute atomic E-state index is 0.592. The maximum absolute atomic E-state index is 6.26. The Kier molecular flexibility index (Phi) is 7.28. The first-order valence-corrected chi connectivity index (χ1v) is 8.75. The molecule has 0 aliphatic heterocycles. The molecule has 0 saturated heterocycles. The lowest BCUT2D eigenvalue weighted by Crippen LogP contribution is -2.19. The van der Waals surface area contributed by atoms with E-state index in [9.17, 15) is 0 Å². The maximum Gasteiger partial charge on any atom is 0.0637 e. The number of para-hydroxylation sites is 1. The molecule has 0 spiro atoms. The zero-order valence-electron chi connectivity index (χ0n) is 12.5. The van der Waals surface area contributed by atoms with Gasteiger partial charge in [-0.1, -0.05) is 81.5 Å². The van der Waals surface area contributed by atoms with Crippen molar-refractivity contribution in [3.05, 3.63) is 29.3 Å². The monoisotopic (exact) mass is 293 g/mol. The number of hydrogen-bond donors (Lipinski definition) is 1. The lowest BCUT2D eigenvalue weighted by atomic mass is 9.98. The van der Waals surface area contributed by atoms with E-state index in [0.29, 0.717) is 6.04 Å². The van der Waals surface area contributed by atoms with Gasteiger partial charge in [0, 0.05) is 6.04 Å². The van der Waals surface area contributed by atoms with E-state index in [2.05, 4.69) is 17.4 Å². The third kappa shape index (κ3) is 5.75. The third-order valence-corrected chi connectivity index (χ3v) is 4.67. The minimum Gasteiger partial charge on any atom is -0.381 e. The summed E-state index contributed by atoms with van der Waals surface area (Å²) in [6.45, 7) is 0. The topological polar surface area (TPSA) is 12.0 Å². The molecule has 2 heteroatoms. The number of benzene rings is 1. The molecule has 112 valence electrons. The van der Waals surface area contributed by atoms with E-state index in [-0.39, 0.29) is 0 Å². The molecule has 1 fully saturated rings. The van der Waals surface area contributed by atoms with Crippen molar-refractivity contribution in [2.24, 2.45) is 0 Å². The number of nitrogens with one attached hydrogen (secondary N) is 1. The first-order chi connectivity index (χ1) is 9.86. The van der Waals surface area contributed by atoms with Gasteiger partial charge in [0.2, 0.25) is 0 Å². The summed E-state index contributed by atoms with van der Waals surface area (Å²) >= 11 is 6.26. The summed E-state index contributed by atoms with van der Waals surface area (Å²) in [4.78, 5) is 0. The molecular weight excluding hydrogens is 266 g/mol.